The molecule has 0 radical (unpaired) electrons. The average Bonchev–Trinajstić information content (AvgIpc) is 2.47. The van der Waals surface area contributed by atoms with Crippen molar-refractivity contribution in [2.45, 2.75) is 44.3 Å². The average molecular weight is 303 g/mol. The number of nitrogens with zero attached hydrogens (tertiary/aromatic N) is 1. The van der Waals surface area contributed by atoms with Gasteiger partial charge in [0.25, 0.3) is 0 Å². The minimum atomic E-state index is 0.177. The van der Waals surface area contributed by atoms with E-state index < -0.39 is 0 Å². The number of likely N-dealkylation sites (N-methyl/N-ethyl adjacent to an activating group) is 1. The molecule has 0 amide bonds. The molecule has 2 atom stereocenters. The highest BCUT2D eigenvalue weighted by atomic mass is 79.9. The van der Waals surface area contributed by atoms with E-state index in [4.69, 9.17) is 5.73 Å². The van der Waals surface area contributed by atoms with Crippen molar-refractivity contribution in [1.29, 1.82) is 0 Å². The van der Waals surface area contributed by atoms with E-state index in [1.165, 1.54) is 28.6 Å². The smallest absolute Gasteiger partial charge is 0.0591 e. The van der Waals surface area contributed by atoms with Crippen LogP contribution in [0.2, 0.25) is 0 Å². The minimum absolute atomic E-state index is 0.177. The van der Waals surface area contributed by atoms with Crippen LogP contribution < -0.4 is 5.73 Å². The molecule has 2 rings (SSSR count). The fourth-order valence-corrected chi connectivity index (χ4v) is 4.05. The lowest BCUT2D eigenvalue weighted by Crippen LogP contribution is -2.45. The van der Waals surface area contributed by atoms with Gasteiger partial charge in [-0.25, -0.2) is 0 Å². The zero-order chi connectivity index (χ0) is 11.7. The Kier molecular flexibility index (Phi) is 4.06. The van der Waals surface area contributed by atoms with Crippen LogP contribution in [-0.2, 0) is 0 Å². The molecule has 2 unspecified atom stereocenters. The first kappa shape index (κ1) is 12.6. The van der Waals surface area contributed by atoms with Gasteiger partial charge in [-0.15, -0.1) is 11.3 Å². The van der Waals surface area contributed by atoms with Gasteiger partial charge in [-0.05, 0) is 48.8 Å². The lowest BCUT2D eigenvalue weighted by atomic mass is 9.89. The molecule has 4 heteroatoms. The van der Waals surface area contributed by atoms with Crippen molar-refractivity contribution in [2.75, 3.05) is 7.05 Å². The van der Waals surface area contributed by atoms with E-state index in [0.717, 1.165) is 6.04 Å². The number of hydrogen-bond acceptors (Lipinski definition) is 3. The summed E-state index contributed by atoms with van der Waals surface area (Å²) in [6.45, 7) is 2.10. The zero-order valence-corrected chi connectivity index (χ0v) is 12.2. The van der Waals surface area contributed by atoms with Gasteiger partial charge in [0.05, 0.1) is 6.04 Å². The Hall–Kier alpha value is 0.1000. The lowest BCUT2D eigenvalue weighted by molar-refractivity contribution is 0.0997. The van der Waals surface area contributed by atoms with Crippen molar-refractivity contribution in [3.63, 3.8) is 0 Å². The highest BCUT2D eigenvalue weighted by Crippen LogP contribution is 2.35. The summed E-state index contributed by atoms with van der Waals surface area (Å²) in [4.78, 5) is 3.84. The summed E-state index contributed by atoms with van der Waals surface area (Å²) in [7, 11) is 2.21. The molecule has 1 aromatic heterocycles. The summed E-state index contributed by atoms with van der Waals surface area (Å²) >= 11 is 5.32. The standard InChI is InChI=1S/C12H19BrN2S/c1-8(14)12(11-6-9(13)7-16-11)15(2)10-4-3-5-10/h6-8,10,12H,3-5,14H2,1-2H3. The van der Waals surface area contributed by atoms with Crippen LogP contribution in [0.4, 0.5) is 0 Å². The predicted molar refractivity (Wildman–Crippen MR) is 73.8 cm³/mol. The molecule has 1 fully saturated rings. The molecule has 1 aromatic rings. The molecule has 90 valence electrons. The Morgan fingerprint density at radius 3 is 2.62 bits per heavy atom. The maximum Gasteiger partial charge on any atom is 0.0591 e. The van der Waals surface area contributed by atoms with Crippen molar-refractivity contribution in [1.82, 2.24) is 4.90 Å². The molecule has 16 heavy (non-hydrogen) atoms. The lowest BCUT2D eigenvalue weighted by Gasteiger charge is -2.41. The van der Waals surface area contributed by atoms with Crippen LogP contribution in [0.15, 0.2) is 15.9 Å². The van der Waals surface area contributed by atoms with Gasteiger partial charge in [-0.2, -0.15) is 0 Å². The molecule has 1 aliphatic rings. The van der Waals surface area contributed by atoms with E-state index in [2.05, 4.69) is 46.2 Å². The summed E-state index contributed by atoms with van der Waals surface area (Å²) < 4.78 is 1.17. The molecular formula is C12H19BrN2S. The van der Waals surface area contributed by atoms with E-state index in [1.54, 1.807) is 11.3 Å². The molecule has 2 nitrogen and oxygen atoms in total. The van der Waals surface area contributed by atoms with Crippen LogP contribution >= 0.6 is 27.3 Å². The first-order valence-electron chi connectivity index (χ1n) is 5.81. The van der Waals surface area contributed by atoms with Crippen molar-refractivity contribution < 1.29 is 0 Å². The van der Waals surface area contributed by atoms with Gasteiger partial charge in [-0.1, -0.05) is 6.42 Å². The van der Waals surface area contributed by atoms with Crippen molar-refractivity contribution in [2.24, 2.45) is 5.73 Å². The highest BCUT2D eigenvalue weighted by Gasteiger charge is 2.31. The van der Waals surface area contributed by atoms with E-state index in [1.807, 2.05) is 0 Å². The summed E-state index contributed by atoms with van der Waals surface area (Å²) in [6, 6.07) is 3.48. The van der Waals surface area contributed by atoms with Gasteiger partial charge in [0.1, 0.15) is 0 Å². The molecule has 0 aromatic carbocycles. The quantitative estimate of drug-likeness (QED) is 0.924. The Morgan fingerprint density at radius 2 is 2.25 bits per heavy atom. The summed E-state index contributed by atoms with van der Waals surface area (Å²) in [5.74, 6) is 0. The first-order valence-corrected chi connectivity index (χ1v) is 7.48. The second kappa shape index (κ2) is 5.17. The van der Waals surface area contributed by atoms with Gasteiger partial charge >= 0.3 is 0 Å². The first-order chi connectivity index (χ1) is 7.59. The van der Waals surface area contributed by atoms with Crippen LogP contribution in [0.5, 0.6) is 0 Å². The van der Waals surface area contributed by atoms with Crippen molar-refractivity contribution in [3.05, 3.63) is 20.8 Å². The maximum absolute atomic E-state index is 6.15. The van der Waals surface area contributed by atoms with Crippen molar-refractivity contribution in [3.8, 4) is 0 Å². The molecule has 2 N–H and O–H groups in total. The summed E-state index contributed by atoms with van der Waals surface area (Å²) in [6.07, 6.45) is 4.02. The molecule has 1 aliphatic carbocycles. The van der Waals surface area contributed by atoms with Crippen LogP contribution in [0, 0.1) is 0 Å². The van der Waals surface area contributed by atoms with Crippen LogP contribution in [0.1, 0.15) is 37.1 Å². The molecule has 0 saturated heterocycles. The third-order valence-electron chi connectivity index (χ3n) is 3.47. The van der Waals surface area contributed by atoms with Gasteiger partial charge in [-0.3, -0.25) is 4.90 Å². The fraction of sp³-hybridized carbons (Fsp3) is 0.667. The number of halogens is 1. The zero-order valence-electron chi connectivity index (χ0n) is 9.82. The molecule has 0 aliphatic heterocycles. The minimum Gasteiger partial charge on any atom is -0.326 e. The van der Waals surface area contributed by atoms with Crippen LogP contribution in [-0.4, -0.2) is 24.0 Å². The third kappa shape index (κ3) is 2.50. The Morgan fingerprint density at radius 1 is 1.56 bits per heavy atom. The molecule has 1 heterocycles. The van der Waals surface area contributed by atoms with E-state index in [9.17, 15) is 0 Å². The van der Waals surface area contributed by atoms with Gasteiger partial charge in [0.15, 0.2) is 0 Å². The van der Waals surface area contributed by atoms with E-state index >= 15 is 0 Å². The van der Waals surface area contributed by atoms with Crippen LogP contribution in [0.3, 0.4) is 0 Å². The van der Waals surface area contributed by atoms with Gasteiger partial charge in [0, 0.05) is 26.8 Å². The Balaban J connectivity index is 2.16. The summed E-state index contributed by atoms with van der Waals surface area (Å²) in [5, 5.41) is 2.14. The number of nitrogens with two attached hydrogens (primary N) is 1. The largest absolute Gasteiger partial charge is 0.326 e. The summed E-state index contributed by atoms with van der Waals surface area (Å²) in [5.41, 5.74) is 6.15. The molecule has 1 saturated carbocycles. The normalized spacial score (nSPS) is 20.8. The van der Waals surface area contributed by atoms with Gasteiger partial charge < -0.3 is 5.73 Å². The maximum atomic E-state index is 6.15. The molecular weight excluding hydrogens is 284 g/mol. The fourth-order valence-electron chi connectivity index (χ4n) is 2.34. The van der Waals surface area contributed by atoms with E-state index in [0.29, 0.717) is 6.04 Å². The molecule has 0 bridgehead atoms. The van der Waals surface area contributed by atoms with Gasteiger partial charge in [0.2, 0.25) is 0 Å². The second-order valence-electron chi connectivity index (χ2n) is 4.72. The SMILES string of the molecule is CC(N)C(c1cc(Br)cs1)N(C)C1CCC1. The van der Waals surface area contributed by atoms with E-state index in [-0.39, 0.29) is 6.04 Å². The number of rotatable bonds is 4. The Labute approximate surface area is 110 Å². The number of hydrogen-bond donors (Lipinski definition) is 1. The topological polar surface area (TPSA) is 29.3 Å². The second-order valence-corrected chi connectivity index (χ2v) is 6.58. The van der Waals surface area contributed by atoms with Crippen LogP contribution in [0.25, 0.3) is 0 Å². The Bertz CT molecular complexity index is 347. The predicted octanol–water partition coefficient (Wildman–Crippen LogP) is 3.38. The van der Waals surface area contributed by atoms with Crippen molar-refractivity contribution >= 4 is 27.3 Å². The highest BCUT2D eigenvalue weighted by molar-refractivity contribution is 9.10. The number of thiophene rings is 1. The third-order valence-corrected chi connectivity index (χ3v) is 5.23. The molecule has 0 spiro atoms. The monoisotopic (exact) mass is 302 g/mol.